The van der Waals surface area contributed by atoms with Crippen molar-refractivity contribution in [2.45, 2.75) is 45.6 Å². The van der Waals surface area contributed by atoms with Gasteiger partial charge in [-0.25, -0.2) is 0 Å². The van der Waals surface area contributed by atoms with Gasteiger partial charge in [-0.3, -0.25) is 9.67 Å². The van der Waals surface area contributed by atoms with Crippen LogP contribution in [0.3, 0.4) is 0 Å². The lowest BCUT2D eigenvalue weighted by Gasteiger charge is -2.22. The van der Waals surface area contributed by atoms with Crippen molar-refractivity contribution in [3.63, 3.8) is 0 Å². The Balaban J connectivity index is 1.43. The second kappa shape index (κ2) is 7.61. The van der Waals surface area contributed by atoms with E-state index in [2.05, 4.69) is 73.6 Å². The molecule has 0 bridgehead atoms. The molecular weight excluding hydrogens is 346 g/mol. The molecule has 1 N–H and O–H groups in total. The quantitative estimate of drug-likeness (QED) is 0.617. The molecule has 1 fully saturated rings. The van der Waals surface area contributed by atoms with Gasteiger partial charge in [0.2, 0.25) is 0 Å². The molecule has 5 nitrogen and oxygen atoms in total. The van der Waals surface area contributed by atoms with Crippen LogP contribution in [0.15, 0.2) is 35.5 Å². The molecule has 0 aliphatic heterocycles. The van der Waals surface area contributed by atoms with Crippen molar-refractivity contribution in [1.29, 1.82) is 0 Å². The highest BCUT2D eigenvalue weighted by Crippen LogP contribution is 2.61. The predicted molar refractivity (Wildman–Crippen MR) is 115 cm³/mol. The van der Waals surface area contributed by atoms with Crippen molar-refractivity contribution in [3.8, 4) is 0 Å². The van der Waals surface area contributed by atoms with Crippen LogP contribution in [0.25, 0.3) is 0 Å². The summed E-state index contributed by atoms with van der Waals surface area (Å²) in [4.78, 5) is 7.25. The second-order valence-corrected chi connectivity index (χ2v) is 8.68. The van der Waals surface area contributed by atoms with Gasteiger partial charge in [0.1, 0.15) is 0 Å². The second-order valence-electron chi connectivity index (χ2n) is 8.68. The van der Waals surface area contributed by atoms with Gasteiger partial charge in [0.15, 0.2) is 5.96 Å². The fraction of sp³-hybridized carbons (Fsp3) is 0.565. The maximum Gasteiger partial charge on any atom is 0.193 e. The van der Waals surface area contributed by atoms with Gasteiger partial charge in [0, 0.05) is 45.5 Å². The van der Waals surface area contributed by atoms with Crippen LogP contribution in [0.1, 0.15) is 55.0 Å². The van der Waals surface area contributed by atoms with Crippen LogP contribution in [-0.2, 0) is 20.0 Å². The first-order chi connectivity index (χ1) is 13.5. The van der Waals surface area contributed by atoms with Gasteiger partial charge in [0.25, 0.3) is 0 Å². The average Bonchev–Trinajstić information content (AvgIpc) is 2.99. The Morgan fingerprint density at radius 2 is 2.14 bits per heavy atom. The molecule has 2 aliphatic carbocycles. The van der Waals surface area contributed by atoms with E-state index in [0.717, 1.165) is 37.4 Å². The predicted octanol–water partition coefficient (Wildman–Crippen LogP) is 3.53. The number of nitrogens with zero attached hydrogens (tertiary/aromatic N) is 4. The third-order valence-electron chi connectivity index (χ3n) is 6.24. The molecule has 1 heterocycles. The molecule has 3 unspecified atom stereocenters. The van der Waals surface area contributed by atoms with Crippen LogP contribution >= 0.6 is 0 Å². The lowest BCUT2D eigenvalue weighted by molar-refractivity contribution is 0.472. The number of hydrogen-bond acceptors (Lipinski definition) is 2. The molecule has 1 aromatic carbocycles. The lowest BCUT2D eigenvalue weighted by Crippen LogP contribution is -2.38. The first-order valence-electron chi connectivity index (χ1n) is 10.6. The van der Waals surface area contributed by atoms with E-state index in [1.54, 1.807) is 11.1 Å². The lowest BCUT2D eigenvalue weighted by atomic mass is 10.0. The molecule has 0 spiro atoms. The summed E-state index contributed by atoms with van der Waals surface area (Å²) in [5, 5.41) is 8.12. The Hall–Kier alpha value is -2.30. The molecule has 150 valence electrons. The summed E-state index contributed by atoms with van der Waals surface area (Å²) in [5.74, 6) is 3.68. The van der Waals surface area contributed by atoms with Crippen LogP contribution < -0.4 is 5.32 Å². The van der Waals surface area contributed by atoms with E-state index in [1.807, 2.05) is 11.7 Å². The molecule has 0 saturated heterocycles. The summed E-state index contributed by atoms with van der Waals surface area (Å²) in [6, 6.07) is 8.95. The number of rotatable bonds is 6. The molecule has 28 heavy (non-hydrogen) atoms. The number of hydrogen-bond donors (Lipinski definition) is 1. The van der Waals surface area contributed by atoms with Crippen LogP contribution in [-0.4, -0.2) is 40.8 Å². The number of fused-ring (bicyclic) bond motifs is 3. The van der Waals surface area contributed by atoms with Gasteiger partial charge >= 0.3 is 0 Å². The van der Waals surface area contributed by atoms with Crippen molar-refractivity contribution in [3.05, 3.63) is 52.8 Å². The fourth-order valence-electron chi connectivity index (χ4n) is 4.89. The number of guanidine groups is 1. The molecule has 0 amide bonds. The summed E-state index contributed by atoms with van der Waals surface area (Å²) in [7, 11) is 4.12. The SMILES string of the molecule is CCNC(=NCC1C2Cc3ccccc3C12)N(C)Cc1cn(C)nc1C(C)C. The van der Waals surface area contributed by atoms with Crippen molar-refractivity contribution >= 4 is 5.96 Å². The Morgan fingerprint density at radius 1 is 1.36 bits per heavy atom. The highest BCUT2D eigenvalue weighted by molar-refractivity contribution is 5.79. The molecule has 2 aromatic rings. The first kappa shape index (κ1) is 19.0. The number of aliphatic imine (C=N–C) groups is 1. The minimum Gasteiger partial charge on any atom is -0.357 e. The summed E-state index contributed by atoms with van der Waals surface area (Å²) >= 11 is 0. The molecule has 2 aliphatic rings. The third-order valence-corrected chi connectivity index (χ3v) is 6.24. The van der Waals surface area contributed by atoms with Crippen molar-refractivity contribution in [2.24, 2.45) is 23.9 Å². The first-order valence-corrected chi connectivity index (χ1v) is 10.6. The van der Waals surface area contributed by atoms with Gasteiger partial charge in [-0.1, -0.05) is 38.1 Å². The maximum absolute atomic E-state index is 5.01. The van der Waals surface area contributed by atoms with E-state index >= 15 is 0 Å². The van der Waals surface area contributed by atoms with Gasteiger partial charge in [-0.15, -0.1) is 0 Å². The van der Waals surface area contributed by atoms with E-state index in [4.69, 9.17) is 4.99 Å². The maximum atomic E-state index is 5.01. The number of aryl methyl sites for hydroxylation is 1. The molecule has 0 radical (unpaired) electrons. The monoisotopic (exact) mass is 379 g/mol. The van der Waals surface area contributed by atoms with Gasteiger partial charge in [0.05, 0.1) is 5.69 Å². The molecular formula is C23H33N5. The number of nitrogens with one attached hydrogen (secondary N) is 1. The van der Waals surface area contributed by atoms with E-state index in [1.165, 1.54) is 17.7 Å². The van der Waals surface area contributed by atoms with Crippen molar-refractivity contribution < 1.29 is 0 Å². The van der Waals surface area contributed by atoms with Crippen molar-refractivity contribution in [2.75, 3.05) is 20.1 Å². The minimum absolute atomic E-state index is 0.426. The van der Waals surface area contributed by atoms with Crippen molar-refractivity contribution in [1.82, 2.24) is 20.0 Å². The third kappa shape index (κ3) is 3.54. The molecule has 5 heteroatoms. The normalized spacial score (nSPS) is 22.9. The Bertz CT molecular complexity index is 866. The summed E-state index contributed by atoms with van der Waals surface area (Å²) in [6.45, 7) is 9.17. The largest absolute Gasteiger partial charge is 0.357 e. The van der Waals surface area contributed by atoms with E-state index < -0.39 is 0 Å². The van der Waals surface area contributed by atoms with Crippen LogP contribution in [0.5, 0.6) is 0 Å². The van der Waals surface area contributed by atoms with Crippen LogP contribution in [0.4, 0.5) is 0 Å². The zero-order chi connectivity index (χ0) is 19.8. The molecule has 1 aromatic heterocycles. The highest BCUT2D eigenvalue weighted by atomic mass is 15.3. The standard InChI is InChI=1S/C23H33N5/c1-6-24-23(27(4)13-17-14-28(5)26-22(17)15(2)3)25-12-20-19-11-16-9-7-8-10-18(16)21(19)20/h7-10,14-15,19-21H,6,11-13H2,1-5H3,(H,24,25). The van der Waals surface area contributed by atoms with Crippen LogP contribution in [0, 0.1) is 11.8 Å². The molecule has 4 rings (SSSR count). The minimum atomic E-state index is 0.426. The summed E-state index contributed by atoms with van der Waals surface area (Å²) in [5.41, 5.74) is 5.59. The van der Waals surface area contributed by atoms with E-state index in [0.29, 0.717) is 11.8 Å². The zero-order valence-electron chi connectivity index (χ0n) is 17.8. The van der Waals surface area contributed by atoms with E-state index in [-0.39, 0.29) is 0 Å². The molecule has 1 saturated carbocycles. The number of benzene rings is 1. The van der Waals surface area contributed by atoms with Gasteiger partial charge in [-0.2, -0.15) is 5.10 Å². The Kier molecular flexibility index (Phi) is 5.17. The summed E-state index contributed by atoms with van der Waals surface area (Å²) in [6.07, 6.45) is 3.37. The topological polar surface area (TPSA) is 45.5 Å². The Labute approximate surface area is 168 Å². The smallest absolute Gasteiger partial charge is 0.193 e. The summed E-state index contributed by atoms with van der Waals surface area (Å²) < 4.78 is 1.92. The molecule has 3 atom stereocenters. The Morgan fingerprint density at radius 3 is 2.89 bits per heavy atom. The van der Waals surface area contributed by atoms with Crippen LogP contribution in [0.2, 0.25) is 0 Å². The van der Waals surface area contributed by atoms with E-state index in [9.17, 15) is 0 Å². The fourth-order valence-corrected chi connectivity index (χ4v) is 4.89. The zero-order valence-corrected chi connectivity index (χ0v) is 17.8. The highest BCUT2D eigenvalue weighted by Gasteiger charge is 2.54. The number of aromatic nitrogens is 2. The van der Waals surface area contributed by atoms with Gasteiger partial charge < -0.3 is 10.2 Å². The average molecular weight is 380 g/mol. The van der Waals surface area contributed by atoms with Gasteiger partial charge in [-0.05, 0) is 48.1 Å².